The smallest absolute Gasteiger partial charge is 0.166 e. The van der Waals surface area contributed by atoms with Crippen LogP contribution in [0.2, 0.25) is 0 Å². The maximum atomic E-state index is 8.99. The molecule has 1 N–H and O–H groups in total. The summed E-state index contributed by atoms with van der Waals surface area (Å²) in [6, 6.07) is 8.23. The zero-order valence-electron chi connectivity index (χ0n) is 12.8. The molecule has 0 unspecified atom stereocenters. The van der Waals surface area contributed by atoms with Crippen LogP contribution >= 0.6 is 11.8 Å². The number of nitrogens with one attached hydrogen (secondary N) is 1. The molecule has 0 fully saturated rings. The molecular weight excluding hydrogens is 282 g/mol. The molecule has 0 spiro atoms. The highest BCUT2D eigenvalue weighted by molar-refractivity contribution is 7.99. The number of rotatable bonds is 7. The molecule has 112 valence electrons. The fourth-order valence-corrected chi connectivity index (χ4v) is 2.86. The first kappa shape index (κ1) is 15.7. The minimum Gasteiger partial charge on any atom is -0.494 e. The predicted molar refractivity (Wildman–Crippen MR) is 86.6 cm³/mol. The summed E-state index contributed by atoms with van der Waals surface area (Å²) in [4.78, 5) is 7.87. The van der Waals surface area contributed by atoms with Gasteiger partial charge in [-0.05, 0) is 45.7 Å². The van der Waals surface area contributed by atoms with Gasteiger partial charge in [0.05, 0.1) is 29.1 Å². The third-order valence-corrected chi connectivity index (χ3v) is 4.19. The van der Waals surface area contributed by atoms with E-state index < -0.39 is 0 Å². The fraction of sp³-hybridized carbons (Fsp3) is 0.500. The van der Waals surface area contributed by atoms with Crippen LogP contribution in [0.25, 0.3) is 11.0 Å². The monoisotopic (exact) mass is 303 g/mol. The van der Waals surface area contributed by atoms with E-state index in [1.54, 1.807) is 11.8 Å². The van der Waals surface area contributed by atoms with Gasteiger partial charge < -0.3 is 9.72 Å². The molecule has 1 heterocycles. The quantitative estimate of drug-likeness (QED) is 0.609. The van der Waals surface area contributed by atoms with E-state index >= 15 is 0 Å². The number of aromatic amines is 1. The first-order chi connectivity index (χ1) is 10.0. The molecule has 0 radical (unpaired) electrons. The predicted octanol–water partition coefficient (Wildman–Crippen LogP) is 4.38. The Hall–Kier alpha value is -1.67. The van der Waals surface area contributed by atoms with Crippen molar-refractivity contribution in [3.05, 3.63) is 18.2 Å². The Bertz CT molecular complexity index is 642. The molecule has 4 nitrogen and oxygen atoms in total. The Morgan fingerprint density at radius 2 is 2.24 bits per heavy atom. The van der Waals surface area contributed by atoms with Gasteiger partial charge in [0.25, 0.3) is 0 Å². The lowest BCUT2D eigenvalue weighted by molar-refractivity contribution is 0.340. The van der Waals surface area contributed by atoms with Crippen LogP contribution < -0.4 is 4.74 Å². The minimum absolute atomic E-state index is 0.235. The highest BCUT2D eigenvalue weighted by atomic mass is 32.2. The minimum atomic E-state index is -0.235. The molecule has 0 amide bonds. The summed E-state index contributed by atoms with van der Waals surface area (Å²) in [6.45, 7) is 6.60. The second-order valence-electron chi connectivity index (χ2n) is 5.60. The second kappa shape index (κ2) is 6.86. The number of hydrogen-bond donors (Lipinski definition) is 1. The van der Waals surface area contributed by atoms with Gasteiger partial charge in [-0.1, -0.05) is 11.8 Å². The van der Waals surface area contributed by atoms with Crippen molar-refractivity contribution in [1.29, 1.82) is 5.26 Å². The number of nitriles is 1. The highest BCUT2D eigenvalue weighted by Crippen LogP contribution is 2.26. The molecule has 0 saturated heterocycles. The molecule has 0 saturated carbocycles. The molecule has 2 rings (SSSR count). The Labute approximate surface area is 129 Å². The molecule has 0 aliphatic rings. The summed E-state index contributed by atoms with van der Waals surface area (Å²) in [5.74, 6) is 1.82. The van der Waals surface area contributed by atoms with Crippen molar-refractivity contribution in [3.63, 3.8) is 0 Å². The van der Waals surface area contributed by atoms with Crippen molar-refractivity contribution < 1.29 is 4.74 Å². The summed E-state index contributed by atoms with van der Waals surface area (Å²) in [5.41, 5.74) is 1.72. The summed E-state index contributed by atoms with van der Waals surface area (Å²) in [6.07, 6.45) is 1.91. The van der Waals surface area contributed by atoms with Crippen LogP contribution in [0, 0.1) is 16.7 Å². The van der Waals surface area contributed by atoms with Crippen molar-refractivity contribution in [1.82, 2.24) is 9.97 Å². The average Bonchev–Trinajstić information content (AvgIpc) is 2.86. The molecule has 2 aromatic rings. The Morgan fingerprint density at radius 1 is 1.43 bits per heavy atom. The number of hydrogen-bond acceptors (Lipinski definition) is 4. The van der Waals surface area contributed by atoms with Crippen molar-refractivity contribution in [2.45, 2.75) is 38.8 Å². The summed E-state index contributed by atoms with van der Waals surface area (Å²) < 4.78 is 5.49. The number of thioether (sulfide) groups is 1. The van der Waals surface area contributed by atoms with E-state index in [0.717, 1.165) is 40.5 Å². The molecule has 0 bridgehead atoms. The molecule has 0 aliphatic carbocycles. The fourth-order valence-electron chi connectivity index (χ4n) is 2.03. The van der Waals surface area contributed by atoms with E-state index in [0.29, 0.717) is 6.61 Å². The van der Waals surface area contributed by atoms with Gasteiger partial charge in [0.2, 0.25) is 0 Å². The number of nitrogens with zero attached hydrogens (tertiary/aromatic N) is 2. The van der Waals surface area contributed by atoms with Crippen LogP contribution in [0.15, 0.2) is 23.4 Å². The number of fused-ring (bicyclic) bond motifs is 1. The van der Waals surface area contributed by atoms with Crippen LogP contribution in [0.5, 0.6) is 5.75 Å². The molecule has 0 aliphatic heterocycles. The number of ether oxygens (including phenoxy) is 1. The summed E-state index contributed by atoms with van der Waals surface area (Å²) in [5, 5.41) is 9.91. The maximum absolute atomic E-state index is 8.99. The highest BCUT2D eigenvalue weighted by Gasteiger charge is 2.15. The van der Waals surface area contributed by atoms with Crippen molar-refractivity contribution in [2.75, 3.05) is 12.4 Å². The lowest BCUT2D eigenvalue weighted by Gasteiger charge is -2.13. The van der Waals surface area contributed by atoms with Crippen LogP contribution in [0.4, 0.5) is 0 Å². The van der Waals surface area contributed by atoms with Gasteiger partial charge in [-0.25, -0.2) is 4.98 Å². The normalized spacial score (nSPS) is 11.5. The number of imidazole rings is 1. The lowest BCUT2D eigenvalue weighted by Crippen LogP contribution is -2.07. The van der Waals surface area contributed by atoms with Crippen molar-refractivity contribution >= 4 is 22.8 Å². The number of H-pyrrole nitrogens is 1. The van der Waals surface area contributed by atoms with E-state index in [1.807, 2.05) is 39.0 Å². The molecular formula is C16H21N3OS. The van der Waals surface area contributed by atoms with Gasteiger partial charge in [0, 0.05) is 11.8 Å². The van der Waals surface area contributed by atoms with Gasteiger partial charge >= 0.3 is 0 Å². The van der Waals surface area contributed by atoms with Crippen LogP contribution in [0.1, 0.15) is 33.6 Å². The summed E-state index contributed by atoms with van der Waals surface area (Å²) >= 11 is 1.70. The first-order valence-electron chi connectivity index (χ1n) is 7.21. The van der Waals surface area contributed by atoms with Crippen LogP contribution in [-0.2, 0) is 0 Å². The van der Waals surface area contributed by atoms with Gasteiger partial charge in [-0.2, -0.15) is 5.26 Å². The van der Waals surface area contributed by atoms with E-state index in [-0.39, 0.29) is 5.41 Å². The average molecular weight is 303 g/mol. The van der Waals surface area contributed by atoms with E-state index in [2.05, 4.69) is 16.0 Å². The maximum Gasteiger partial charge on any atom is 0.166 e. The van der Waals surface area contributed by atoms with E-state index in [4.69, 9.17) is 10.00 Å². The molecule has 1 aromatic heterocycles. The molecule has 0 atom stereocenters. The van der Waals surface area contributed by atoms with Gasteiger partial charge in [0.1, 0.15) is 5.75 Å². The largest absolute Gasteiger partial charge is 0.494 e. The van der Waals surface area contributed by atoms with E-state index in [9.17, 15) is 0 Å². The van der Waals surface area contributed by atoms with E-state index in [1.165, 1.54) is 0 Å². The van der Waals surface area contributed by atoms with Crippen LogP contribution in [-0.4, -0.2) is 22.3 Å². The van der Waals surface area contributed by atoms with Gasteiger partial charge in [-0.15, -0.1) is 0 Å². The molecule has 21 heavy (non-hydrogen) atoms. The topological polar surface area (TPSA) is 61.7 Å². The van der Waals surface area contributed by atoms with Gasteiger partial charge in [0.15, 0.2) is 5.16 Å². The van der Waals surface area contributed by atoms with Crippen LogP contribution in [0.3, 0.4) is 0 Å². The zero-order chi connectivity index (χ0) is 15.3. The number of benzene rings is 1. The standard InChI is InChI=1S/C16H21N3OS/c1-4-20-12-6-7-13-14(10-12)19-15(18-13)21-9-5-8-16(2,3)11-17/h6-7,10H,4-5,8-9H2,1-3H3,(H,18,19). The SMILES string of the molecule is CCOc1ccc2nc(SCCCC(C)(C)C#N)[nH]c2c1. The second-order valence-corrected chi connectivity index (χ2v) is 6.69. The van der Waals surface area contributed by atoms with Gasteiger partial charge in [-0.3, -0.25) is 0 Å². The molecule has 1 aromatic carbocycles. The number of aromatic nitrogens is 2. The Morgan fingerprint density at radius 3 is 2.95 bits per heavy atom. The molecule has 5 heteroatoms. The van der Waals surface area contributed by atoms with Crippen molar-refractivity contribution in [2.24, 2.45) is 5.41 Å². The third kappa shape index (κ3) is 4.40. The first-order valence-corrected chi connectivity index (χ1v) is 8.19. The Balaban J connectivity index is 1.92. The van der Waals surface area contributed by atoms with Crippen molar-refractivity contribution in [3.8, 4) is 11.8 Å². The zero-order valence-corrected chi connectivity index (χ0v) is 13.6. The Kier molecular flexibility index (Phi) is 5.13. The third-order valence-electron chi connectivity index (χ3n) is 3.23. The lowest BCUT2D eigenvalue weighted by atomic mass is 9.90. The summed E-state index contributed by atoms with van der Waals surface area (Å²) in [7, 11) is 0.